The van der Waals surface area contributed by atoms with Crippen molar-refractivity contribution in [1.82, 2.24) is 14.8 Å². The molecule has 1 aromatic heterocycles. The number of allylic oxidation sites excluding steroid dienone is 1. The molecule has 124 valence electrons. The van der Waals surface area contributed by atoms with Crippen molar-refractivity contribution < 1.29 is 13.5 Å². The fourth-order valence-corrected chi connectivity index (χ4v) is 2.74. The minimum Gasteiger partial charge on any atom is -0.435 e. The van der Waals surface area contributed by atoms with Gasteiger partial charge in [-0.2, -0.15) is 14.0 Å². The van der Waals surface area contributed by atoms with E-state index in [2.05, 4.69) is 21.0 Å². The summed E-state index contributed by atoms with van der Waals surface area (Å²) in [5.74, 6) is 1.55. The number of aryl methyl sites for hydroxylation is 1. The zero-order valence-corrected chi connectivity index (χ0v) is 13.0. The highest BCUT2D eigenvalue weighted by Gasteiger charge is 2.17. The van der Waals surface area contributed by atoms with Gasteiger partial charge in [0.15, 0.2) is 5.82 Å². The Balaban J connectivity index is 1.88. The van der Waals surface area contributed by atoms with E-state index in [0.29, 0.717) is 17.0 Å². The largest absolute Gasteiger partial charge is 0.435 e. The Morgan fingerprint density at radius 2 is 2.00 bits per heavy atom. The van der Waals surface area contributed by atoms with Crippen LogP contribution in [0.4, 0.5) is 8.78 Å². The summed E-state index contributed by atoms with van der Waals surface area (Å²) in [5, 5.41) is 17.8. The van der Waals surface area contributed by atoms with Gasteiger partial charge in [-0.25, -0.2) is 0 Å². The predicted molar refractivity (Wildman–Crippen MR) is 84.1 cm³/mol. The van der Waals surface area contributed by atoms with Crippen LogP contribution in [0.3, 0.4) is 0 Å². The molecule has 24 heavy (non-hydrogen) atoms. The molecule has 0 N–H and O–H groups in total. The third-order valence-electron chi connectivity index (χ3n) is 3.89. The normalized spacial score (nSPS) is 14.8. The van der Waals surface area contributed by atoms with E-state index in [9.17, 15) is 14.0 Å². The molecule has 0 spiro atoms. The summed E-state index contributed by atoms with van der Waals surface area (Å²) in [6, 6.07) is 8.28. The average Bonchev–Trinajstić information content (AvgIpc) is 2.82. The van der Waals surface area contributed by atoms with Gasteiger partial charge in [0.25, 0.3) is 0 Å². The Bertz CT molecular complexity index is 775. The molecule has 5 nitrogen and oxygen atoms in total. The standard InChI is InChI=1S/C17H16F2N4O/c18-17(19)24-14-7-5-12(6-8-14)10-13(11-20)16-22-21-15-4-2-1-3-9-23(15)16/h5-8,10,17H,1-4,9H2/b13-10-. The van der Waals surface area contributed by atoms with E-state index >= 15 is 0 Å². The number of hydrogen-bond acceptors (Lipinski definition) is 4. The first-order valence-corrected chi connectivity index (χ1v) is 7.76. The van der Waals surface area contributed by atoms with Gasteiger partial charge in [0.2, 0.25) is 0 Å². The smallest absolute Gasteiger partial charge is 0.387 e. The number of aromatic nitrogens is 3. The molecule has 0 atom stereocenters. The van der Waals surface area contributed by atoms with Gasteiger partial charge in [-0.05, 0) is 36.6 Å². The number of nitriles is 1. The summed E-state index contributed by atoms with van der Waals surface area (Å²) < 4.78 is 30.7. The molecule has 0 amide bonds. The number of nitrogens with zero attached hydrogens (tertiary/aromatic N) is 4. The summed E-state index contributed by atoms with van der Waals surface area (Å²) in [6.45, 7) is -2.05. The molecular formula is C17H16F2N4O. The lowest BCUT2D eigenvalue weighted by molar-refractivity contribution is -0.0498. The van der Waals surface area contributed by atoms with E-state index in [1.54, 1.807) is 18.2 Å². The first-order chi connectivity index (χ1) is 11.7. The van der Waals surface area contributed by atoms with Gasteiger partial charge in [-0.15, -0.1) is 10.2 Å². The van der Waals surface area contributed by atoms with Crippen LogP contribution in [0.1, 0.15) is 36.5 Å². The Morgan fingerprint density at radius 1 is 1.21 bits per heavy atom. The fourth-order valence-electron chi connectivity index (χ4n) is 2.74. The van der Waals surface area contributed by atoms with Crippen LogP contribution in [-0.4, -0.2) is 21.4 Å². The minimum atomic E-state index is -2.85. The number of benzene rings is 1. The van der Waals surface area contributed by atoms with Crippen LogP contribution < -0.4 is 4.74 Å². The first-order valence-electron chi connectivity index (χ1n) is 7.76. The number of fused-ring (bicyclic) bond motifs is 1. The SMILES string of the molecule is N#C/C(=C/c1ccc(OC(F)F)cc1)c1nnc2n1CCCCC2. The number of alkyl halides is 2. The van der Waals surface area contributed by atoms with Gasteiger partial charge in [-0.1, -0.05) is 18.6 Å². The summed E-state index contributed by atoms with van der Waals surface area (Å²) in [7, 11) is 0. The lowest BCUT2D eigenvalue weighted by Crippen LogP contribution is -2.05. The Hall–Kier alpha value is -2.75. The molecule has 0 saturated heterocycles. The van der Waals surface area contributed by atoms with Crippen molar-refractivity contribution in [3.63, 3.8) is 0 Å². The highest BCUT2D eigenvalue weighted by Crippen LogP contribution is 2.22. The molecule has 0 fully saturated rings. The number of hydrogen-bond donors (Lipinski definition) is 0. The maximum atomic E-state index is 12.2. The summed E-state index contributed by atoms with van der Waals surface area (Å²) in [4.78, 5) is 0. The van der Waals surface area contributed by atoms with Crippen LogP contribution in [0.5, 0.6) is 5.75 Å². The molecule has 7 heteroatoms. The molecule has 2 aromatic rings. The maximum absolute atomic E-state index is 12.2. The Morgan fingerprint density at radius 3 is 2.71 bits per heavy atom. The molecule has 0 unspecified atom stereocenters. The average molecular weight is 330 g/mol. The number of ether oxygens (including phenoxy) is 1. The molecule has 2 heterocycles. The summed E-state index contributed by atoms with van der Waals surface area (Å²) >= 11 is 0. The van der Waals surface area contributed by atoms with Gasteiger partial charge in [0.1, 0.15) is 17.6 Å². The molecule has 0 saturated carbocycles. The molecule has 0 aliphatic carbocycles. The quantitative estimate of drug-likeness (QED) is 0.802. The van der Waals surface area contributed by atoms with E-state index in [4.69, 9.17) is 0 Å². The minimum absolute atomic E-state index is 0.0806. The summed E-state index contributed by atoms with van der Waals surface area (Å²) in [6.07, 6.45) is 5.80. The van der Waals surface area contributed by atoms with Crippen LogP contribution in [0, 0.1) is 11.3 Å². The van der Waals surface area contributed by atoms with E-state index in [-0.39, 0.29) is 5.75 Å². The molecule has 1 aliphatic heterocycles. The van der Waals surface area contributed by atoms with Crippen LogP contribution in [0.15, 0.2) is 24.3 Å². The van der Waals surface area contributed by atoms with Crippen molar-refractivity contribution in [2.75, 3.05) is 0 Å². The summed E-state index contributed by atoms with van der Waals surface area (Å²) in [5.41, 5.74) is 1.11. The highest BCUT2D eigenvalue weighted by molar-refractivity contribution is 5.87. The zero-order chi connectivity index (χ0) is 16.9. The second kappa shape index (κ2) is 7.21. The molecule has 1 aromatic carbocycles. The number of rotatable bonds is 4. The van der Waals surface area contributed by atoms with Gasteiger partial charge in [0, 0.05) is 13.0 Å². The molecule has 0 radical (unpaired) electrons. The van der Waals surface area contributed by atoms with Gasteiger partial charge in [-0.3, -0.25) is 0 Å². The topological polar surface area (TPSA) is 63.7 Å². The van der Waals surface area contributed by atoms with E-state index < -0.39 is 6.61 Å². The van der Waals surface area contributed by atoms with Gasteiger partial charge >= 0.3 is 6.61 Å². The van der Waals surface area contributed by atoms with Crippen molar-refractivity contribution in [2.24, 2.45) is 0 Å². The maximum Gasteiger partial charge on any atom is 0.387 e. The van der Waals surface area contributed by atoms with Crippen molar-refractivity contribution in [2.45, 2.75) is 38.8 Å². The van der Waals surface area contributed by atoms with Crippen molar-refractivity contribution in [3.8, 4) is 11.8 Å². The Labute approximate surface area is 138 Å². The van der Waals surface area contributed by atoms with Gasteiger partial charge in [0.05, 0.1) is 5.57 Å². The predicted octanol–water partition coefficient (Wildman–Crippen LogP) is 3.67. The lowest BCUT2D eigenvalue weighted by Gasteiger charge is -2.06. The van der Waals surface area contributed by atoms with Crippen molar-refractivity contribution in [3.05, 3.63) is 41.5 Å². The van der Waals surface area contributed by atoms with Gasteiger partial charge < -0.3 is 9.30 Å². The van der Waals surface area contributed by atoms with E-state index in [1.165, 1.54) is 12.1 Å². The van der Waals surface area contributed by atoms with Crippen LogP contribution in [0.2, 0.25) is 0 Å². The van der Waals surface area contributed by atoms with E-state index in [1.807, 2.05) is 4.57 Å². The molecular weight excluding hydrogens is 314 g/mol. The molecule has 0 bridgehead atoms. The van der Waals surface area contributed by atoms with Crippen LogP contribution >= 0.6 is 0 Å². The first kappa shape index (κ1) is 16.1. The highest BCUT2D eigenvalue weighted by atomic mass is 19.3. The fraction of sp³-hybridized carbons (Fsp3) is 0.353. The third kappa shape index (κ3) is 3.59. The lowest BCUT2D eigenvalue weighted by atomic mass is 10.1. The zero-order valence-electron chi connectivity index (χ0n) is 13.0. The second-order valence-corrected chi connectivity index (χ2v) is 5.52. The van der Waals surface area contributed by atoms with Crippen molar-refractivity contribution in [1.29, 1.82) is 5.26 Å². The van der Waals surface area contributed by atoms with Crippen LogP contribution in [0.25, 0.3) is 11.6 Å². The van der Waals surface area contributed by atoms with E-state index in [0.717, 1.165) is 38.1 Å². The molecule has 3 rings (SSSR count). The van der Waals surface area contributed by atoms with Crippen LogP contribution in [-0.2, 0) is 13.0 Å². The van der Waals surface area contributed by atoms with Crippen molar-refractivity contribution >= 4 is 11.6 Å². The second-order valence-electron chi connectivity index (χ2n) is 5.52. The monoisotopic (exact) mass is 330 g/mol. The third-order valence-corrected chi connectivity index (χ3v) is 3.89. The number of halogens is 2. The molecule has 1 aliphatic rings. The Kier molecular flexibility index (Phi) is 4.85.